The number of rotatable bonds is 3. The van der Waals surface area contributed by atoms with Gasteiger partial charge in [0.15, 0.2) is 0 Å². The first-order valence-corrected chi connectivity index (χ1v) is 5.40. The zero-order chi connectivity index (χ0) is 9.94. The molecule has 4 N–H and O–H groups in total. The van der Waals surface area contributed by atoms with Crippen LogP contribution in [0.2, 0.25) is 0 Å². The molecule has 1 unspecified atom stereocenters. The SMILES string of the molecule is C1CCNCC1.CCC(O)CCN. The van der Waals surface area contributed by atoms with Gasteiger partial charge in [0.05, 0.1) is 6.10 Å². The highest BCUT2D eigenvalue weighted by molar-refractivity contribution is 4.55. The van der Waals surface area contributed by atoms with Gasteiger partial charge in [0.25, 0.3) is 0 Å². The largest absolute Gasteiger partial charge is 0.393 e. The van der Waals surface area contributed by atoms with Gasteiger partial charge in [-0.3, -0.25) is 0 Å². The average molecular weight is 188 g/mol. The summed E-state index contributed by atoms with van der Waals surface area (Å²) in [5.41, 5.74) is 5.14. The first-order chi connectivity index (χ1) is 6.31. The molecule has 1 saturated heterocycles. The van der Waals surface area contributed by atoms with Crippen molar-refractivity contribution in [2.75, 3.05) is 19.6 Å². The molecule has 0 radical (unpaired) electrons. The second-order valence-corrected chi connectivity index (χ2v) is 3.45. The summed E-state index contributed by atoms with van der Waals surface area (Å²) in [6.07, 6.45) is 5.59. The van der Waals surface area contributed by atoms with Crippen molar-refractivity contribution in [2.45, 2.75) is 45.1 Å². The van der Waals surface area contributed by atoms with Crippen LogP contribution < -0.4 is 11.1 Å². The molecule has 3 nitrogen and oxygen atoms in total. The minimum Gasteiger partial charge on any atom is -0.393 e. The maximum absolute atomic E-state index is 8.78. The summed E-state index contributed by atoms with van der Waals surface area (Å²) in [5.74, 6) is 0. The number of hydrogen-bond acceptors (Lipinski definition) is 3. The van der Waals surface area contributed by atoms with E-state index in [0.717, 1.165) is 12.8 Å². The fourth-order valence-corrected chi connectivity index (χ4v) is 1.20. The van der Waals surface area contributed by atoms with Crippen LogP contribution in [0, 0.1) is 0 Å². The minimum absolute atomic E-state index is 0.176. The Morgan fingerprint density at radius 2 is 1.92 bits per heavy atom. The molecular weight excluding hydrogens is 164 g/mol. The van der Waals surface area contributed by atoms with E-state index in [9.17, 15) is 0 Å². The van der Waals surface area contributed by atoms with E-state index in [1.54, 1.807) is 0 Å². The lowest BCUT2D eigenvalue weighted by atomic mass is 10.2. The number of aliphatic hydroxyl groups excluding tert-OH is 1. The Hall–Kier alpha value is -0.120. The molecule has 1 rings (SSSR count). The van der Waals surface area contributed by atoms with E-state index in [1.807, 2.05) is 6.92 Å². The summed E-state index contributed by atoms with van der Waals surface area (Å²) in [4.78, 5) is 0. The molecular formula is C10H24N2O. The van der Waals surface area contributed by atoms with E-state index in [0.29, 0.717) is 6.54 Å². The molecule has 13 heavy (non-hydrogen) atoms. The van der Waals surface area contributed by atoms with Crippen molar-refractivity contribution in [1.82, 2.24) is 5.32 Å². The number of hydrogen-bond donors (Lipinski definition) is 3. The molecule has 0 bridgehead atoms. The Morgan fingerprint density at radius 3 is 2.08 bits per heavy atom. The lowest BCUT2D eigenvalue weighted by Gasteiger charge is -2.08. The molecule has 0 amide bonds. The van der Waals surface area contributed by atoms with Crippen LogP contribution in [0.4, 0.5) is 0 Å². The maximum atomic E-state index is 8.78. The van der Waals surface area contributed by atoms with E-state index in [-0.39, 0.29) is 6.10 Å². The van der Waals surface area contributed by atoms with Crippen LogP contribution in [0.15, 0.2) is 0 Å². The van der Waals surface area contributed by atoms with Crippen LogP contribution in [-0.4, -0.2) is 30.8 Å². The Bertz CT molecular complexity index is 83.4. The van der Waals surface area contributed by atoms with Crippen LogP contribution in [0.5, 0.6) is 0 Å². The Morgan fingerprint density at radius 1 is 1.31 bits per heavy atom. The number of piperidine rings is 1. The number of nitrogens with one attached hydrogen (secondary N) is 1. The van der Waals surface area contributed by atoms with Crippen molar-refractivity contribution in [3.05, 3.63) is 0 Å². The molecule has 1 heterocycles. The summed E-state index contributed by atoms with van der Waals surface area (Å²) in [5, 5.41) is 12.1. The molecule has 1 atom stereocenters. The first-order valence-electron chi connectivity index (χ1n) is 5.40. The van der Waals surface area contributed by atoms with Gasteiger partial charge in [-0.25, -0.2) is 0 Å². The van der Waals surface area contributed by atoms with Gasteiger partial charge < -0.3 is 16.2 Å². The second-order valence-electron chi connectivity index (χ2n) is 3.45. The van der Waals surface area contributed by atoms with Crippen LogP contribution in [0.25, 0.3) is 0 Å². The highest BCUT2D eigenvalue weighted by atomic mass is 16.3. The summed E-state index contributed by atoms with van der Waals surface area (Å²) in [7, 11) is 0. The third kappa shape index (κ3) is 9.80. The van der Waals surface area contributed by atoms with Crippen LogP contribution in [-0.2, 0) is 0 Å². The van der Waals surface area contributed by atoms with E-state index >= 15 is 0 Å². The Kier molecular flexibility index (Phi) is 9.87. The van der Waals surface area contributed by atoms with Crippen molar-refractivity contribution in [2.24, 2.45) is 5.73 Å². The smallest absolute Gasteiger partial charge is 0.0549 e. The molecule has 1 fully saturated rings. The molecule has 0 spiro atoms. The van der Waals surface area contributed by atoms with Gasteiger partial charge in [-0.15, -0.1) is 0 Å². The van der Waals surface area contributed by atoms with Crippen molar-refractivity contribution >= 4 is 0 Å². The molecule has 80 valence electrons. The third-order valence-corrected chi connectivity index (χ3v) is 2.18. The second kappa shape index (κ2) is 9.96. The molecule has 0 aliphatic carbocycles. The quantitative estimate of drug-likeness (QED) is 0.616. The Labute approximate surface area is 81.7 Å². The molecule has 1 aliphatic rings. The van der Waals surface area contributed by atoms with Crippen molar-refractivity contribution in [3.63, 3.8) is 0 Å². The lowest BCUT2D eigenvalue weighted by molar-refractivity contribution is 0.163. The van der Waals surface area contributed by atoms with Crippen molar-refractivity contribution in [1.29, 1.82) is 0 Å². The monoisotopic (exact) mass is 188 g/mol. The van der Waals surface area contributed by atoms with Crippen LogP contribution in [0.1, 0.15) is 39.0 Å². The number of nitrogens with two attached hydrogens (primary N) is 1. The number of aliphatic hydroxyl groups is 1. The van der Waals surface area contributed by atoms with Gasteiger partial charge in [-0.1, -0.05) is 13.3 Å². The van der Waals surface area contributed by atoms with Gasteiger partial charge in [-0.2, -0.15) is 0 Å². The fraction of sp³-hybridized carbons (Fsp3) is 1.00. The predicted molar refractivity (Wildman–Crippen MR) is 56.7 cm³/mol. The Balaban J connectivity index is 0.000000223. The molecule has 0 aromatic carbocycles. The molecule has 0 aromatic rings. The molecule has 0 saturated carbocycles. The summed E-state index contributed by atoms with van der Waals surface area (Å²) in [6.45, 7) is 5.04. The zero-order valence-electron chi connectivity index (χ0n) is 8.76. The molecule has 3 heteroatoms. The maximum Gasteiger partial charge on any atom is 0.0549 e. The van der Waals surface area contributed by atoms with E-state index < -0.39 is 0 Å². The van der Waals surface area contributed by atoms with Gasteiger partial charge >= 0.3 is 0 Å². The summed E-state index contributed by atoms with van der Waals surface area (Å²) >= 11 is 0. The van der Waals surface area contributed by atoms with Gasteiger partial charge in [0.1, 0.15) is 0 Å². The average Bonchev–Trinajstić information content (AvgIpc) is 2.22. The minimum atomic E-state index is -0.176. The highest BCUT2D eigenvalue weighted by Crippen LogP contribution is 1.96. The van der Waals surface area contributed by atoms with Crippen LogP contribution >= 0.6 is 0 Å². The summed E-state index contributed by atoms with van der Waals surface area (Å²) in [6, 6.07) is 0. The van der Waals surface area contributed by atoms with Gasteiger partial charge in [0.2, 0.25) is 0 Å². The van der Waals surface area contributed by atoms with Gasteiger partial charge in [-0.05, 0) is 45.3 Å². The predicted octanol–water partition coefficient (Wildman–Crippen LogP) is 0.866. The highest BCUT2D eigenvalue weighted by Gasteiger charge is 1.95. The topological polar surface area (TPSA) is 58.3 Å². The van der Waals surface area contributed by atoms with Crippen molar-refractivity contribution < 1.29 is 5.11 Å². The zero-order valence-corrected chi connectivity index (χ0v) is 8.76. The summed E-state index contributed by atoms with van der Waals surface area (Å²) < 4.78 is 0. The van der Waals surface area contributed by atoms with Crippen molar-refractivity contribution in [3.8, 4) is 0 Å². The fourth-order valence-electron chi connectivity index (χ4n) is 1.20. The van der Waals surface area contributed by atoms with E-state index in [2.05, 4.69) is 5.32 Å². The lowest BCUT2D eigenvalue weighted by Crippen LogP contribution is -2.21. The third-order valence-electron chi connectivity index (χ3n) is 2.18. The first kappa shape index (κ1) is 12.9. The van der Waals surface area contributed by atoms with E-state index in [4.69, 9.17) is 10.8 Å². The van der Waals surface area contributed by atoms with Crippen LogP contribution in [0.3, 0.4) is 0 Å². The molecule has 0 aromatic heterocycles. The van der Waals surface area contributed by atoms with Gasteiger partial charge in [0, 0.05) is 0 Å². The standard InChI is InChI=1S/C5H13NO.C5H11N/c1-2-5(7)3-4-6;1-2-4-6-5-3-1/h5,7H,2-4,6H2,1H3;6H,1-5H2. The molecule has 1 aliphatic heterocycles. The normalized spacial score (nSPS) is 18.7. The van der Waals surface area contributed by atoms with E-state index in [1.165, 1.54) is 32.4 Å².